The lowest BCUT2D eigenvalue weighted by Crippen LogP contribution is -2.17. The number of hydrogen-bond acceptors (Lipinski definition) is 2. The molecular weight excluding hydrogens is 248 g/mol. The molecule has 1 aromatic carbocycles. The molecule has 0 saturated heterocycles. The van der Waals surface area contributed by atoms with Crippen LogP contribution in [0.3, 0.4) is 0 Å². The molecule has 1 fully saturated rings. The fourth-order valence-corrected chi connectivity index (χ4v) is 2.50. The van der Waals surface area contributed by atoms with E-state index >= 15 is 0 Å². The molecule has 0 aromatic heterocycles. The van der Waals surface area contributed by atoms with Crippen molar-refractivity contribution in [1.82, 2.24) is 0 Å². The van der Waals surface area contributed by atoms with Gasteiger partial charge in [-0.2, -0.15) is 0 Å². The molecule has 0 aliphatic heterocycles. The Bertz CT molecular complexity index is 456. The highest BCUT2D eigenvalue weighted by Crippen LogP contribution is 2.43. The first-order valence-corrected chi connectivity index (χ1v) is 6.72. The van der Waals surface area contributed by atoms with Gasteiger partial charge in [-0.25, -0.2) is 0 Å². The molecule has 0 amide bonds. The van der Waals surface area contributed by atoms with Crippen molar-refractivity contribution < 1.29 is 9.84 Å². The van der Waals surface area contributed by atoms with Crippen LogP contribution in [0.5, 0.6) is 5.75 Å². The van der Waals surface area contributed by atoms with Crippen molar-refractivity contribution in [2.45, 2.75) is 51.0 Å². The first-order valence-electron chi connectivity index (χ1n) is 6.34. The van der Waals surface area contributed by atoms with Crippen LogP contribution in [0.2, 0.25) is 5.02 Å². The lowest BCUT2D eigenvalue weighted by Gasteiger charge is -2.25. The van der Waals surface area contributed by atoms with Gasteiger partial charge in [-0.05, 0) is 36.0 Å². The molecular formula is C15H21ClO2. The van der Waals surface area contributed by atoms with Crippen LogP contribution in [0.25, 0.3) is 0 Å². The molecule has 100 valence electrons. The van der Waals surface area contributed by atoms with Crippen molar-refractivity contribution in [3.8, 4) is 5.75 Å². The minimum absolute atomic E-state index is 0.0306. The standard InChI is InChI=1S/C15H21ClO2/c1-14(2,3)12-8-11(16)7-10(13(12)18-4)9-15(17)5-6-15/h7-8,17H,5-6,9H2,1-4H3. The van der Waals surface area contributed by atoms with Gasteiger partial charge >= 0.3 is 0 Å². The van der Waals surface area contributed by atoms with Crippen molar-refractivity contribution in [2.75, 3.05) is 7.11 Å². The molecule has 0 unspecified atom stereocenters. The van der Waals surface area contributed by atoms with Gasteiger partial charge in [-0.1, -0.05) is 32.4 Å². The van der Waals surface area contributed by atoms with Crippen LogP contribution in [0, 0.1) is 0 Å². The molecule has 18 heavy (non-hydrogen) atoms. The van der Waals surface area contributed by atoms with E-state index in [2.05, 4.69) is 20.8 Å². The van der Waals surface area contributed by atoms with Gasteiger partial charge in [0, 0.05) is 17.0 Å². The fraction of sp³-hybridized carbons (Fsp3) is 0.600. The summed E-state index contributed by atoms with van der Waals surface area (Å²) in [6.45, 7) is 6.41. The average Bonchev–Trinajstić information content (AvgIpc) is 2.94. The Hall–Kier alpha value is -0.730. The smallest absolute Gasteiger partial charge is 0.125 e. The van der Waals surface area contributed by atoms with Gasteiger partial charge in [0.15, 0.2) is 0 Å². The molecule has 2 nitrogen and oxygen atoms in total. The van der Waals surface area contributed by atoms with E-state index in [9.17, 15) is 5.11 Å². The SMILES string of the molecule is COc1c(CC2(O)CC2)cc(Cl)cc1C(C)(C)C. The molecule has 3 heteroatoms. The lowest BCUT2D eigenvalue weighted by atomic mass is 9.84. The number of methoxy groups -OCH3 is 1. The highest BCUT2D eigenvalue weighted by atomic mass is 35.5. The summed E-state index contributed by atoms with van der Waals surface area (Å²) in [6.07, 6.45) is 2.36. The molecule has 1 saturated carbocycles. The zero-order valence-electron chi connectivity index (χ0n) is 11.5. The van der Waals surface area contributed by atoms with Crippen LogP contribution < -0.4 is 4.74 Å². The first-order chi connectivity index (χ1) is 8.25. The van der Waals surface area contributed by atoms with Crippen LogP contribution in [0.1, 0.15) is 44.7 Å². The summed E-state index contributed by atoms with van der Waals surface area (Å²) >= 11 is 6.20. The quantitative estimate of drug-likeness (QED) is 0.906. The van der Waals surface area contributed by atoms with E-state index in [1.165, 1.54) is 0 Å². The largest absolute Gasteiger partial charge is 0.496 e. The normalized spacial score (nSPS) is 17.7. The van der Waals surface area contributed by atoms with Crippen molar-refractivity contribution >= 4 is 11.6 Å². The van der Waals surface area contributed by atoms with E-state index in [1.807, 2.05) is 12.1 Å². The number of hydrogen-bond donors (Lipinski definition) is 1. The maximum Gasteiger partial charge on any atom is 0.125 e. The Morgan fingerprint density at radius 3 is 2.39 bits per heavy atom. The minimum atomic E-state index is -0.535. The topological polar surface area (TPSA) is 29.5 Å². The fourth-order valence-electron chi connectivity index (χ4n) is 2.26. The van der Waals surface area contributed by atoms with Gasteiger partial charge in [0.25, 0.3) is 0 Å². The zero-order chi connectivity index (χ0) is 13.6. The molecule has 1 aliphatic carbocycles. The summed E-state index contributed by atoms with van der Waals surface area (Å²) in [5, 5.41) is 10.8. The summed E-state index contributed by atoms with van der Waals surface area (Å²) in [5.74, 6) is 0.868. The molecule has 0 heterocycles. The van der Waals surface area contributed by atoms with Crippen molar-refractivity contribution in [1.29, 1.82) is 0 Å². The second kappa shape index (κ2) is 4.43. The second-order valence-corrected chi connectivity index (χ2v) is 6.73. The van der Waals surface area contributed by atoms with Gasteiger partial charge in [-0.3, -0.25) is 0 Å². The predicted octanol–water partition coefficient (Wildman–Crippen LogP) is 3.71. The zero-order valence-corrected chi connectivity index (χ0v) is 12.3. The highest BCUT2D eigenvalue weighted by Gasteiger charge is 2.41. The van der Waals surface area contributed by atoms with E-state index in [0.717, 1.165) is 29.7 Å². The monoisotopic (exact) mass is 268 g/mol. The Morgan fingerprint density at radius 2 is 1.94 bits per heavy atom. The summed E-state index contributed by atoms with van der Waals surface area (Å²) in [7, 11) is 1.68. The third-order valence-electron chi connectivity index (χ3n) is 3.49. The molecule has 1 aromatic rings. The Morgan fingerprint density at radius 1 is 1.33 bits per heavy atom. The van der Waals surface area contributed by atoms with Gasteiger partial charge in [-0.15, -0.1) is 0 Å². The number of ether oxygens (including phenoxy) is 1. The highest BCUT2D eigenvalue weighted by molar-refractivity contribution is 6.30. The molecule has 1 N–H and O–H groups in total. The van der Waals surface area contributed by atoms with Gasteiger partial charge < -0.3 is 9.84 Å². The van der Waals surface area contributed by atoms with Crippen LogP contribution in [0.15, 0.2) is 12.1 Å². The van der Waals surface area contributed by atoms with Crippen LogP contribution in [-0.2, 0) is 11.8 Å². The van der Waals surface area contributed by atoms with Crippen LogP contribution >= 0.6 is 11.6 Å². The van der Waals surface area contributed by atoms with E-state index in [-0.39, 0.29) is 5.41 Å². The van der Waals surface area contributed by atoms with Crippen LogP contribution in [-0.4, -0.2) is 17.8 Å². The Labute approximate surface area is 114 Å². The third-order valence-corrected chi connectivity index (χ3v) is 3.71. The average molecular weight is 269 g/mol. The summed E-state index contributed by atoms with van der Waals surface area (Å²) in [5.41, 5.74) is 1.54. The summed E-state index contributed by atoms with van der Waals surface area (Å²) < 4.78 is 5.56. The lowest BCUT2D eigenvalue weighted by molar-refractivity contribution is 0.150. The van der Waals surface area contributed by atoms with E-state index in [0.29, 0.717) is 11.4 Å². The van der Waals surface area contributed by atoms with Crippen molar-refractivity contribution in [3.05, 3.63) is 28.3 Å². The first kappa shape index (κ1) is 13.7. The number of benzene rings is 1. The van der Waals surface area contributed by atoms with Gasteiger partial charge in [0.1, 0.15) is 5.75 Å². The van der Waals surface area contributed by atoms with E-state index in [1.54, 1.807) is 7.11 Å². The number of halogens is 1. The van der Waals surface area contributed by atoms with Crippen molar-refractivity contribution in [3.63, 3.8) is 0 Å². The molecule has 1 aliphatic rings. The third kappa shape index (κ3) is 2.81. The van der Waals surface area contributed by atoms with Crippen molar-refractivity contribution in [2.24, 2.45) is 0 Å². The summed E-state index contributed by atoms with van der Waals surface area (Å²) in [6, 6.07) is 3.87. The summed E-state index contributed by atoms with van der Waals surface area (Å²) in [4.78, 5) is 0. The Balaban J connectivity index is 2.47. The van der Waals surface area contributed by atoms with Gasteiger partial charge in [0.2, 0.25) is 0 Å². The number of rotatable bonds is 3. The maximum atomic E-state index is 10.1. The molecule has 0 spiro atoms. The second-order valence-electron chi connectivity index (χ2n) is 6.30. The van der Waals surface area contributed by atoms with Crippen LogP contribution in [0.4, 0.5) is 0 Å². The molecule has 2 rings (SSSR count). The molecule has 0 bridgehead atoms. The van der Waals surface area contributed by atoms with E-state index in [4.69, 9.17) is 16.3 Å². The maximum absolute atomic E-state index is 10.1. The number of aliphatic hydroxyl groups is 1. The molecule has 0 radical (unpaired) electrons. The molecule has 0 atom stereocenters. The predicted molar refractivity (Wildman–Crippen MR) is 74.6 cm³/mol. The minimum Gasteiger partial charge on any atom is -0.496 e. The van der Waals surface area contributed by atoms with Gasteiger partial charge in [0.05, 0.1) is 12.7 Å². The van der Waals surface area contributed by atoms with E-state index < -0.39 is 5.60 Å². The Kier molecular flexibility index (Phi) is 3.37.